The molecule has 3 aromatic rings. The summed E-state index contributed by atoms with van der Waals surface area (Å²) in [6.07, 6.45) is 1.71. The Kier molecular flexibility index (Phi) is 3.47. The fraction of sp³-hybridized carbons (Fsp3) is 0.423. The molecule has 2 aliphatic heterocycles. The topological polar surface area (TPSA) is 64.0 Å². The van der Waals surface area contributed by atoms with E-state index in [1.165, 1.54) is 5.56 Å². The van der Waals surface area contributed by atoms with E-state index in [0.717, 1.165) is 64.4 Å². The van der Waals surface area contributed by atoms with Crippen LogP contribution in [0.2, 0.25) is 0 Å². The van der Waals surface area contributed by atoms with Gasteiger partial charge in [0, 0.05) is 29.0 Å². The van der Waals surface area contributed by atoms with E-state index in [9.17, 15) is 5.11 Å². The van der Waals surface area contributed by atoms with Crippen LogP contribution in [0, 0.1) is 0 Å². The molecule has 32 heavy (non-hydrogen) atoms. The summed E-state index contributed by atoms with van der Waals surface area (Å²) in [5.41, 5.74) is 3.59. The lowest BCUT2D eigenvalue weighted by Gasteiger charge is -2.62. The van der Waals surface area contributed by atoms with Crippen molar-refractivity contribution < 1.29 is 19.3 Å². The van der Waals surface area contributed by atoms with Gasteiger partial charge in [-0.25, -0.2) is 4.98 Å². The first kappa shape index (κ1) is 18.7. The van der Waals surface area contributed by atoms with Crippen LogP contribution in [-0.2, 0) is 18.3 Å². The normalized spacial score (nSPS) is 31.6. The summed E-state index contributed by atoms with van der Waals surface area (Å²) in [6.45, 7) is 0.906. The van der Waals surface area contributed by atoms with Crippen LogP contribution in [0.15, 0.2) is 36.4 Å². The number of hydrogen-bond donors (Lipinski definition) is 1. The maximum atomic E-state index is 12.6. The van der Waals surface area contributed by atoms with Gasteiger partial charge >= 0.3 is 0 Å². The Hall–Kier alpha value is -2.83. The van der Waals surface area contributed by atoms with Gasteiger partial charge in [0.1, 0.15) is 5.75 Å². The number of ether oxygens (including phenoxy) is 3. The zero-order valence-corrected chi connectivity index (χ0v) is 18.5. The summed E-state index contributed by atoms with van der Waals surface area (Å²) in [7, 11) is 5.51. The number of fused-ring (bicyclic) bond motifs is 3. The molecule has 0 radical (unpaired) electrons. The highest BCUT2D eigenvalue weighted by molar-refractivity contribution is 5.87. The molecule has 2 unspecified atom stereocenters. The number of benzene rings is 2. The molecule has 2 aliphatic carbocycles. The second kappa shape index (κ2) is 5.94. The highest BCUT2D eigenvalue weighted by atomic mass is 16.5. The lowest BCUT2D eigenvalue weighted by molar-refractivity contribution is -0.168. The summed E-state index contributed by atoms with van der Waals surface area (Å²) in [5, 5.41) is 13.6. The first-order chi connectivity index (χ1) is 15.5. The van der Waals surface area contributed by atoms with Gasteiger partial charge in [0.05, 0.1) is 36.4 Å². The van der Waals surface area contributed by atoms with E-state index >= 15 is 0 Å². The smallest absolute Gasteiger partial charge is 0.166 e. The highest BCUT2D eigenvalue weighted by Crippen LogP contribution is 2.69. The predicted octanol–water partition coefficient (Wildman–Crippen LogP) is 3.17. The number of rotatable bonds is 2. The lowest BCUT2D eigenvalue weighted by Crippen LogP contribution is -2.74. The lowest BCUT2D eigenvalue weighted by atomic mass is 9.49. The van der Waals surface area contributed by atoms with E-state index in [-0.39, 0.29) is 12.1 Å². The molecular formula is C26H26N2O4. The molecule has 6 heteroatoms. The Balaban J connectivity index is 1.60. The second-order valence-corrected chi connectivity index (χ2v) is 9.68. The number of para-hydroxylation sites is 1. The van der Waals surface area contributed by atoms with Gasteiger partial charge in [0.2, 0.25) is 0 Å². The third-order valence-corrected chi connectivity index (χ3v) is 8.56. The zero-order valence-electron chi connectivity index (χ0n) is 18.5. The maximum absolute atomic E-state index is 12.6. The monoisotopic (exact) mass is 430 g/mol. The summed E-state index contributed by atoms with van der Waals surface area (Å²) >= 11 is 0. The fourth-order valence-electron chi connectivity index (χ4n) is 7.20. The summed E-state index contributed by atoms with van der Waals surface area (Å²) in [5.74, 6) is 2.30. The number of aliphatic hydroxyl groups is 1. The van der Waals surface area contributed by atoms with Crippen LogP contribution in [0.4, 0.5) is 0 Å². The van der Waals surface area contributed by atoms with Crippen molar-refractivity contribution in [2.24, 2.45) is 0 Å². The molecule has 7 rings (SSSR count). The molecule has 1 saturated heterocycles. The van der Waals surface area contributed by atoms with Gasteiger partial charge in [-0.3, -0.25) is 0 Å². The van der Waals surface area contributed by atoms with E-state index in [1.54, 1.807) is 14.2 Å². The Morgan fingerprint density at radius 1 is 1.16 bits per heavy atom. The molecular weight excluding hydrogens is 404 g/mol. The summed E-state index contributed by atoms with van der Waals surface area (Å²) in [4.78, 5) is 7.43. The molecule has 0 saturated carbocycles. The van der Waals surface area contributed by atoms with Crippen LogP contribution in [0.5, 0.6) is 17.2 Å². The van der Waals surface area contributed by atoms with Crippen LogP contribution in [-0.4, -0.2) is 54.4 Å². The molecule has 1 aromatic heterocycles. The van der Waals surface area contributed by atoms with Crippen molar-refractivity contribution in [1.29, 1.82) is 0 Å². The SMILES string of the molecule is COc1ccc2c3c1OC1c4nc5ccccc5c(OC)c4CC4(O)[C@H](C2)N(C)CC[C@]314. The van der Waals surface area contributed by atoms with Gasteiger partial charge in [-0.2, -0.15) is 0 Å². The minimum Gasteiger partial charge on any atom is -0.496 e. The molecule has 2 bridgehead atoms. The maximum Gasteiger partial charge on any atom is 0.166 e. The number of piperidine rings is 1. The standard InChI is InChI=1S/C26H26N2O4/c1-28-11-10-25-20-14-8-9-18(30-2)23(20)32-24(25)21-16(13-26(25,29)19(28)12-14)22(31-3)15-6-4-5-7-17(15)27-21/h4-9,19,24,29H,10-13H2,1-3H3/t19-,24?,25-,26?/m0/s1. The molecule has 4 aliphatic rings. The predicted molar refractivity (Wildman–Crippen MR) is 120 cm³/mol. The number of hydrogen-bond acceptors (Lipinski definition) is 6. The van der Waals surface area contributed by atoms with Gasteiger partial charge in [-0.05, 0) is 50.2 Å². The average Bonchev–Trinajstić information content (AvgIpc) is 3.15. The van der Waals surface area contributed by atoms with Gasteiger partial charge in [0.15, 0.2) is 17.6 Å². The number of likely N-dealkylation sites (tertiary alicyclic amines) is 1. The van der Waals surface area contributed by atoms with Crippen molar-refractivity contribution in [2.45, 2.75) is 42.4 Å². The molecule has 4 atom stereocenters. The first-order valence-electron chi connectivity index (χ1n) is 11.3. The molecule has 1 fully saturated rings. The molecule has 3 heterocycles. The quantitative estimate of drug-likeness (QED) is 0.674. The van der Waals surface area contributed by atoms with E-state index in [1.807, 2.05) is 30.3 Å². The van der Waals surface area contributed by atoms with Gasteiger partial charge in [-0.15, -0.1) is 0 Å². The molecule has 1 N–H and O–H groups in total. The number of methoxy groups -OCH3 is 2. The second-order valence-electron chi connectivity index (χ2n) is 9.68. The molecule has 1 spiro atoms. The molecule has 2 aromatic carbocycles. The van der Waals surface area contributed by atoms with Crippen molar-refractivity contribution in [1.82, 2.24) is 9.88 Å². The van der Waals surface area contributed by atoms with Crippen LogP contribution in [0.25, 0.3) is 10.9 Å². The average molecular weight is 431 g/mol. The van der Waals surface area contributed by atoms with Gasteiger partial charge < -0.3 is 24.2 Å². The van der Waals surface area contributed by atoms with E-state index in [2.05, 4.69) is 18.0 Å². The number of nitrogens with zero attached hydrogens (tertiary/aromatic N) is 2. The van der Waals surface area contributed by atoms with Gasteiger partial charge in [-0.1, -0.05) is 18.2 Å². The fourth-order valence-corrected chi connectivity index (χ4v) is 7.20. The van der Waals surface area contributed by atoms with E-state index in [0.29, 0.717) is 6.42 Å². The van der Waals surface area contributed by atoms with Crippen LogP contribution in [0.3, 0.4) is 0 Å². The Labute approximate surface area is 186 Å². The summed E-state index contributed by atoms with van der Waals surface area (Å²) in [6, 6.07) is 12.2. The van der Waals surface area contributed by atoms with Crippen molar-refractivity contribution in [3.05, 3.63) is 58.8 Å². The van der Waals surface area contributed by atoms with Crippen LogP contribution >= 0.6 is 0 Å². The minimum absolute atomic E-state index is 0.00137. The Morgan fingerprint density at radius 2 is 2.00 bits per heavy atom. The minimum atomic E-state index is -0.986. The zero-order chi connectivity index (χ0) is 21.8. The highest BCUT2D eigenvalue weighted by Gasteiger charge is 2.72. The Morgan fingerprint density at radius 3 is 2.81 bits per heavy atom. The van der Waals surface area contributed by atoms with Crippen molar-refractivity contribution >= 4 is 10.9 Å². The van der Waals surface area contributed by atoms with E-state index < -0.39 is 11.0 Å². The van der Waals surface area contributed by atoms with Crippen molar-refractivity contribution in [2.75, 3.05) is 27.8 Å². The largest absolute Gasteiger partial charge is 0.496 e. The molecule has 164 valence electrons. The summed E-state index contributed by atoms with van der Waals surface area (Å²) < 4.78 is 18.4. The van der Waals surface area contributed by atoms with Crippen LogP contribution < -0.4 is 14.2 Å². The third-order valence-electron chi connectivity index (χ3n) is 8.56. The van der Waals surface area contributed by atoms with Crippen LogP contribution in [0.1, 0.15) is 34.9 Å². The molecule has 6 nitrogen and oxygen atoms in total. The van der Waals surface area contributed by atoms with E-state index in [4.69, 9.17) is 19.2 Å². The first-order valence-corrected chi connectivity index (χ1v) is 11.3. The Bertz CT molecular complexity index is 1310. The molecule has 0 amide bonds. The third kappa shape index (κ3) is 1.89. The number of aromatic nitrogens is 1. The number of likely N-dealkylation sites (N-methyl/N-ethyl adjacent to an activating group) is 1. The number of pyridine rings is 1. The van der Waals surface area contributed by atoms with Crippen molar-refractivity contribution in [3.63, 3.8) is 0 Å². The van der Waals surface area contributed by atoms with Gasteiger partial charge in [0.25, 0.3) is 0 Å². The van der Waals surface area contributed by atoms with Crippen molar-refractivity contribution in [3.8, 4) is 17.2 Å².